The molecular formula is C9H2BrF9O. The first-order valence-corrected chi connectivity index (χ1v) is 5.25. The van der Waals surface area contributed by atoms with Crippen molar-refractivity contribution in [2.45, 2.75) is 18.7 Å². The van der Waals surface area contributed by atoms with Crippen LogP contribution in [0.3, 0.4) is 0 Å². The molecule has 0 aliphatic carbocycles. The molecule has 1 aromatic rings. The lowest BCUT2D eigenvalue weighted by Crippen LogP contribution is -2.21. The molecule has 0 saturated carbocycles. The van der Waals surface area contributed by atoms with Crippen molar-refractivity contribution in [1.29, 1.82) is 0 Å². The summed E-state index contributed by atoms with van der Waals surface area (Å²) in [5.41, 5.74) is -3.94. The summed E-state index contributed by atoms with van der Waals surface area (Å²) in [6.45, 7) is 0. The van der Waals surface area contributed by atoms with Gasteiger partial charge >= 0.3 is 18.7 Å². The zero-order valence-electron chi connectivity index (χ0n) is 8.84. The Morgan fingerprint density at radius 1 is 0.800 bits per heavy atom. The third-order valence-electron chi connectivity index (χ3n) is 1.89. The summed E-state index contributed by atoms with van der Waals surface area (Å²) in [5, 5.41) is 0. The van der Waals surface area contributed by atoms with Crippen LogP contribution in [0.5, 0.6) is 5.75 Å². The van der Waals surface area contributed by atoms with E-state index in [-0.39, 0.29) is 6.07 Å². The standard InChI is InChI=1S/C9H2BrF9O/c10-5-2-3(7(11,12)13)1-4(8(14,15)16)6(5)20-9(17,18)19/h1-2H. The normalized spacial score (nSPS) is 13.5. The van der Waals surface area contributed by atoms with E-state index in [4.69, 9.17) is 0 Å². The number of benzene rings is 1. The Morgan fingerprint density at radius 2 is 1.30 bits per heavy atom. The summed E-state index contributed by atoms with van der Waals surface area (Å²) >= 11 is 2.21. The van der Waals surface area contributed by atoms with Crippen molar-refractivity contribution >= 4 is 15.9 Å². The lowest BCUT2D eigenvalue weighted by Gasteiger charge is -2.18. The Kier molecular flexibility index (Phi) is 4.24. The molecule has 1 rings (SSSR count). The van der Waals surface area contributed by atoms with Gasteiger partial charge < -0.3 is 4.74 Å². The van der Waals surface area contributed by atoms with E-state index < -0.39 is 46.1 Å². The van der Waals surface area contributed by atoms with Crippen LogP contribution in [-0.2, 0) is 12.4 Å². The summed E-state index contributed by atoms with van der Waals surface area (Å²) < 4.78 is 113. The Hall–Kier alpha value is -1.13. The van der Waals surface area contributed by atoms with E-state index in [1.165, 1.54) is 0 Å². The fourth-order valence-electron chi connectivity index (χ4n) is 1.19. The highest BCUT2D eigenvalue weighted by Gasteiger charge is 2.43. The number of halogens is 10. The maximum absolute atomic E-state index is 12.5. The van der Waals surface area contributed by atoms with Crippen LogP contribution in [0.15, 0.2) is 16.6 Å². The lowest BCUT2D eigenvalue weighted by molar-refractivity contribution is -0.276. The van der Waals surface area contributed by atoms with Crippen LogP contribution in [0.2, 0.25) is 0 Å². The van der Waals surface area contributed by atoms with Crippen LogP contribution in [0.1, 0.15) is 11.1 Å². The zero-order valence-corrected chi connectivity index (χ0v) is 10.4. The first-order chi connectivity index (χ1) is 8.72. The van der Waals surface area contributed by atoms with E-state index in [1.54, 1.807) is 0 Å². The molecule has 1 aromatic carbocycles. The van der Waals surface area contributed by atoms with Crippen molar-refractivity contribution in [1.82, 2.24) is 0 Å². The SMILES string of the molecule is FC(F)(F)Oc1c(Br)cc(C(F)(F)F)cc1C(F)(F)F. The Balaban J connectivity index is 3.52. The van der Waals surface area contributed by atoms with Crippen molar-refractivity contribution in [2.24, 2.45) is 0 Å². The largest absolute Gasteiger partial charge is 0.573 e. The van der Waals surface area contributed by atoms with Crippen LogP contribution in [0.4, 0.5) is 39.5 Å². The topological polar surface area (TPSA) is 9.23 Å². The lowest BCUT2D eigenvalue weighted by atomic mass is 10.1. The van der Waals surface area contributed by atoms with Gasteiger partial charge in [0, 0.05) is 0 Å². The van der Waals surface area contributed by atoms with Gasteiger partial charge in [0.25, 0.3) is 0 Å². The molecule has 0 aromatic heterocycles. The van der Waals surface area contributed by atoms with E-state index >= 15 is 0 Å². The molecule has 0 spiro atoms. The molecule has 0 unspecified atom stereocenters. The number of hydrogen-bond donors (Lipinski definition) is 0. The van der Waals surface area contributed by atoms with Gasteiger partial charge in [-0.25, -0.2) is 0 Å². The molecule has 114 valence electrons. The van der Waals surface area contributed by atoms with E-state index in [0.717, 1.165) is 0 Å². The second kappa shape index (κ2) is 5.01. The van der Waals surface area contributed by atoms with Crippen molar-refractivity contribution in [3.63, 3.8) is 0 Å². The van der Waals surface area contributed by atoms with E-state index in [0.29, 0.717) is 0 Å². The summed E-state index contributed by atoms with van der Waals surface area (Å²) in [4.78, 5) is 0. The van der Waals surface area contributed by atoms with Crippen molar-refractivity contribution in [3.05, 3.63) is 27.7 Å². The molecule has 0 radical (unpaired) electrons. The molecule has 0 fully saturated rings. The minimum atomic E-state index is -5.48. The van der Waals surface area contributed by atoms with Crippen LogP contribution < -0.4 is 4.74 Å². The van der Waals surface area contributed by atoms with Gasteiger partial charge in [0.1, 0.15) is 0 Å². The smallest absolute Gasteiger partial charge is 0.404 e. The number of rotatable bonds is 1. The van der Waals surface area contributed by atoms with Gasteiger partial charge in [0.15, 0.2) is 5.75 Å². The molecule has 1 nitrogen and oxygen atoms in total. The first kappa shape index (κ1) is 16.9. The third kappa shape index (κ3) is 4.18. The summed E-state index contributed by atoms with van der Waals surface area (Å²) in [6.07, 6.45) is -16.1. The summed E-state index contributed by atoms with van der Waals surface area (Å²) in [7, 11) is 0. The quantitative estimate of drug-likeness (QED) is 0.597. The highest BCUT2D eigenvalue weighted by atomic mass is 79.9. The minimum Gasteiger partial charge on any atom is -0.404 e. The molecule has 0 amide bonds. The van der Waals surface area contributed by atoms with Gasteiger partial charge in [0.2, 0.25) is 0 Å². The van der Waals surface area contributed by atoms with Gasteiger partial charge in [-0.1, -0.05) is 0 Å². The molecule has 0 heterocycles. The minimum absolute atomic E-state index is 0.0658. The van der Waals surface area contributed by atoms with Gasteiger partial charge in [-0.05, 0) is 28.1 Å². The molecule has 0 bridgehead atoms. The number of alkyl halides is 9. The molecular weight excluding hydrogens is 375 g/mol. The second-order valence-corrected chi connectivity index (χ2v) is 4.23. The van der Waals surface area contributed by atoms with Crippen molar-refractivity contribution < 1.29 is 44.3 Å². The Bertz CT molecular complexity index is 500. The molecule has 0 atom stereocenters. The highest BCUT2D eigenvalue weighted by molar-refractivity contribution is 9.10. The second-order valence-electron chi connectivity index (χ2n) is 3.38. The zero-order chi connectivity index (χ0) is 15.9. The number of ether oxygens (including phenoxy) is 1. The van der Waals surface area contributed by atoms with Gasteiger partial charge in [-0.15, -0.1) is 13.2 Å². The maximum atomic E-state index is 12.5. The average Bonchev–Trinajstić information content (AvgIpc) is 2.15. The molecule has 0 aliphatic rings. The Morgan fingerprint density at radius 3 is 1.65 bits per heavy atom. The van der Waals surface area contributed by atoms with Gasteiger partial charge in [-0.2, -0.15) is 26.3 Å². The molecule has 11 heteroatoms. The van der Waals surface area contributed by atoms with E-state index in [9.17, 15) is 39.5 Å². The van der Waals surface area contributed by atoms with Crippen molar-refractivity contribution in [2.75, 3.05) is 0 Å². The van der Waals surface area contributed by atoms with Crippen LogP contribution >= 0.6 is 15.9 Å². The van der Waals surface area contributed by atoms with Gasteiger partial charge in [0.05, 0.1) is 15.6 Å². The van der Waals surface area contributed by atoms with E-state index in [2.05, 4.69) is 20.7 Å². The molecule has 20 heavy (non-hydrogen) atoms. The molecule has 0 aliphatic heterocycles. The third-order valence-corrected chi connectivity index (χ3v) is 2.48. The predicted octanol–water partition coefficient (Wildman–Crippen LogP) is 5.39. The van der Waals surface area contributed by atoms with Crippen molar-refractivity contribution in [3.8, 4) is 5.75 Å². The Labute approximate surface area is 113 Å². The summed E-state index contributed by atoms with van der Waals surface area (Å²) in [5.74, 6) is -1.78. The van der Waals surface area contributed by atoms with Crippen LogP contribution in [-0.4, -0.2) is 6.36 Å². The number of hydrogen-bond acceptors (Lipinski definition) is 1. The van der Waals surface area contributed by atoms with E-state index in [1.807, 2.05) is 0 Å². The summed E-state index contributed by atoms with van der Waals surface area (Å²) in [6, 6.07) is -0.387. The van der Waals surface area contributed by atoms with Gasteiger partial charge in [-0.3, -0.25) is 0 Å². The fourth-order valence-corrected chi connectivity index (χ4v) is 1.73. The maximum Gasteiger partial charge on any atom is 0.573 e. The first-order valence-electron chi connectivity index (χ1n) is 4.45. The van der Waals surface area contributed by atoms with Crippen LogP contribution in [0, 0.1) is 0 Å². The van der Waals surface area contributed by atoms with Crippen LogP contribution in [0.25, 0.3) is 0 Å². The predicted molar refractivity (Wildman–Crippen MR) is 50.8 cm³/mol. The molecule has 0 saturated heterocycles. The highest BCUT2D eigenvalue weighted by Crippen LogP contribution is 2.45. The molecule has 0 N–H and O–H groups in total. The fraction of sp³-hybridized carbons (Fsp3) is 0.333. The average molecular weight is 377 g/mol. The monoisotopic (exact) mass is 376 g/mol.